The Hall–Kier alpha value is -2.77. The first-order valence-corrected chi connectivity index (χ1v) is 8.70. The van der Waals surface area contributed by atoms with Gasteiger partial charge in [0.15, 0.2) is 0 Å². The van der Waals surface area contributed by atoms with Crippen molar-refractivity contribution in [3.8, 4) is 0 Å². The van der Waals surface area contributed by atoms with E-state index in [4.69, 9.17) is 0 Å². The SMILES string of the molecule is CC(C)c1cc(N2CCCN(c3ncccn3)CC2)c2nncn2n1. The average molecular weight is 338 g/mol. The van der Waals surface area contributed by atoms with Crippen LogP contribution in [0.15, 0.2) is 30.9 Å². The molecule has 0 spiro atoms. The Morgan fingerprint density at radius 3 is 2.56 bits per heavy atom. The molecule has 0 atom stereocenters. The summed E-state index contributed by atoms with van der Waals surface area (Å²) in [7, 11) is 0. The van der Waals surface area contributed by atoms with Crippen molar-refractivity contribution in [3.05, 3.63) is 36.5 Å². The van der Waals surface area contributed by atoms with E-state index < -0.39 is 0 Å². The number of nitrogens with zero attached hydrogens (tertiary/aromatic N) is 8. The highest BCUT2D eigenvalue weighted by Crippen LogP contribution is 2.25. The van der Waals surface area contributed by atoms with Gasteiger partial charge in [0.1, 0.15) is 6.33 Å². The second-order valence-electron chi connectivity index (χ2n) is 6.58. The van der Waals surface area contributed by atoms with Crippen molar-refractivity contribution >= 4 is 17.3 Å². The molecule has 8 nitrogen and oxygen atoms in total. The largest absolute Gasteiger partial charge is 0.367 e. The first-order valence-electron chi connectivity index (χ1n) is 8.70. The molecule has 0 aromatic carbocycles. The molecule has 0 unspecified atom stereocenters. The molecule has 0 N–H and O–H groups in total. The molecular formula is C17H22N8. The van der Waals surface area contributed by atoms with Crippen molar-refractivity contribution in [2.45, 2.75) is 26.2 Å². The van der Waals surface area contributed by atoms with Gasteiger partial charge >= 0.3 is 0 Å². The lowest BCUT2D eigenvalue weighted by atomic mass is 10.1. The summed E-state index contributed by atoms with van der Waals surface area (Å²) >= 11 is 0. The lowest BCUT2D eigenvalue weighted by Gasteiger charge is -2.24. The molecule has 25 heavy (non-hydrogen) atoms. The van der Waals surface area contributed by atoms with Gasteiger partial charge in [-0.3, -0.25) is 0 Å². The summed E-state index contributed by atoms with van der Waals surface area (Å²) in [6.07, 6.45) is 6.30. The molecule has 4 rings (SSSR count). The molecule has 0 aliphatic carbocycles. The zero-order chi connectivity index (χ0) is 17.2. The first kappa shape index (κ1) is 15.7. The summed E-state index contributed by atoms with van der Waals surface area (Å²) in [5, 5.41) is 12.9. The highest BCUT2D eigenvalue weighted by Gasteiger charge is 2.21. The van der Waals surface area contributed by atoms with Gasteiger partial charge in [0.05, 0.1) is 11.4 Å². The summed E-state index contributed by atoms with van der Waals surface area (Å²) in [6.45, 7) is 7.99. The second kappa shape index (κ2) is 6.62. The number of hydrogen-bond donors (Lipinski definition) is 0. The van der Waals surface area contributed by atoms with E-state index in [-0.39, 0.29) is 0 Å². The van der Waals surface area contributed by atoms with Gasteiger partial charge in [-0.2, -0.15) is 9.61 Å². The van der Waals surface area contributed by atoms with Gasteiger partial charge in [0.25, 0.3) is 0 Å². The van der Waals surface area contributed by atoms with Crippen molar-refractivity contribution in [2.24, 2.45) is 0 Å². The third kappa shape index (κ3) is 3.11. The Balaban J connectivity index is 1.62. The molecule has 1 aliphatic heterocycles. The summed E-state index contributed by atoms with van der Waals surface area (Å²) in [5.74, 6) is 1.15. The fourth-order valence-electron chi connectivity index (χ4n) is 3.16. The maximum atomic E-state index is 4.61. The standard InChI is InChI=1S/C17H22N8/c1-13(2)14-11-15(16-21-20-12-25(16)22-14)23-7-4-8-24(10-9-23)17-18-5-3-6-19-17/h3,5-6,11-13H,4,7-10H2,1-2H3. The predicted molar refractivity (Wildman–Crippen MR) is 95.9 cm³/mol. The van der Waals surface area contributed by atoms with Crippen molar-refractivity contribution < 1.29 is 0 Å². The van der Waals surface area contributed by atoms with Crippen molar-refractivity contribution in [1.29, 1.82) is 0 Å². The number of anilines is 2. The highest BCUT2D eigenvalue weighted by atomic mass is 15.4. The minimum Gasteiger partial charge on any atom is -0.367 e. The van der Waals surface area contributed by atoms with Crippen LogP contribution in [0.1, 0.15) is 31.9 Å². The van der Waals surface area contributed by atoms with Crippen LogP contribution in [0.2, 0.25) is 0 Å². The minimum atomic E-state index is 0.353. The Kier molecular flexibility index (Phi) is 4.17. The van der Waals surface area contributed by atoms with E-state index in [1.54, 1.807) is 23.2 Å². The van der Waals surface area contributed by atoms with Crippen LogP contribution in [0.3, 0.4) is 0 Å². The second-order valence-corrected chi connectivity index (χ2v) is 6.58. The zero-order valence-electron chi connectivity index (χ0n) is 14.6. The molecule has 0 radical (unpaired) electrons. The van der Waals surface area contributed by atoms with Crippen LogP contribution in [0.5, 0.6) is 0 Å². The molecule has 130 valence electrons. The molecule has 8 heteroatoms. The van der Waals surface area contributed by atoms with E-state index in [9.17, 15) is 0 Å². The van der Waals surface area contributed by atoms with Gasteiger partial charge in [-0.05, 0) is 24.5 Å². The number of aromatic nitrogens is 6. The van der Waals surface area contributed by atoms with E-state index in [2.05, 4.69) is 55.0 Å². The minimum absolute atomic E-state index is 0.353. The van der Waals surface area contributed by atoms with Crippen LogP contribution in [0.25, 0.3) is 5.65 Å². The van der Waals surface area contributed by atoms with E-state index in [0.717, 1.165) is 55.6 Å². The molecule has 4 heterocycles. The molecular weight excluding hydrogens is 316 g/mol. The fraction of sp³-hybridized carbons (Fsp3) is 0.471. The summed E-state index contributed by atoms with van der Waals surface area (Å²) in [6, 6.07) is 4.00. The summed E-state index contributed by atoms with van der Waals surface area (Å²) in [4.78, 5) is 13.4. The highest BCUT2D eigenvalue weighted by molar-refractivity contribution is 5.68. The van der Waals surface area contributed by atoms with Crippen LogP contribution >= 0.6 is 0 Å². The van der Waals surface area contributed by atoms with Gasteiger partial charge in [0, 0.05) is 38.6 Å². The Morgan fingerprint density at radius 1 is 1.00 bits per heavy atom. The van der Waals surface area contributed by atoms with Gasteiger partial charge in [0.2, 0.25) is 11.6 Å². The Bertz CT molecular complexity index is 844. The number of hydrogen-bond acceptors (Lipinski definition) is 7. The van der Waals surface area contributed by atoms with Crippen LogP contribution in [0.4, 0.5) is 11.6 Å². The van der Waals surface area contributed by atoms with Gasteiger partial charge in [-0.1, -0.05) is 13.8 Å². The molecule has 0 amide bonds. The monoisotopic (exact) mass is 338 g/mol. The van der Waals surface area contributed by atoms with E-state index in [0.29, 0.717) is 5.92 Å². The first-order chi connectivity index (χ1) is 12.2. The van der Waals surface area contributed by atoms with Gasteiger partial charge in [-0.25, -0.2) is 9.97 Å². The predicted octanol–water partition coefficient (Wildman–Crippen LogP) is 1.75. The maximum absolute atomic E-state index is 4.61. The van der Waals surface area contributed by atoms with Crippen molar-refractivity contribution in [1.82, 2.24) is 29.8 Å². The normalized spacial score (nSPS) is 15.8. The van der Waals surface area contributed by atoms with E-state index in [1.807, 2.05) is 6.07 Å². The Labute approximate surface area is 146 Å². The topological polar surface area (TPSA) is 75.3 Å². The lowest BCUT2D eigenvalue weighted by Crippen LogP contribution is -2.32. The Morgan fingerprint density at radius 2 is 1.76 bits per heavy atom. The molecule has 3 aromatic rings. The molecule has 0 saturated carbocycles. The molecule has 3 aromatic heterocycles. The van der Waals surface area contributed by atoms with Gasteiger partial charge < -0.3 is 9.80 Å². The quantitative estimate of drug-likeness (QED) is 0.720. The average Bonchev–Trinajstić information content (AvgIpc) is 2.98. The van der Waals surface area contributed by atoms with Gasteiger partial charge in [-0.15, -0.1) is 10.2 Å². The molecule has 1 fully saturated rings. The van der Waals surface area contributed by atoms with E-state index in [1.165, 1.54) is 0 Å². The van der Waals surface area contributed by atoms with Crippen LogP contribution in [-0.4, -0.2) is 56.0 Å². The van der Waals surface area contributed by atoms with Crippen molar-refractivity contribution in [2.75, 3.05) is 36.0 Å². The number of fused-ring (bicyclic) bond motifs is 1. The lowest BCUT2D eigenvalue weighted by molar-refractivity contribution is 0.750. The summed E-state index contributed by atoms with van der Waals surface area (Å²) in [5.41, 5.74) is 2.97. The molecule has 0 bridgehead atoms. The smallest absolute Gasteiger partial charge is 0.225 e. The van der Waals surface area contributed by atoms with E-state index >= 15 is 0 Å². The maximum Gasteiger partial charge on any atom is 0.225 e. The van der Waals surface area contributed by atoms with Crippen LogP contribution < -0.4 is 9.80 Å². The molecule has 1 aliphatic rings. The zero-order valence-corrected chi connectivity index (χ0v) is 14.6. The fourth-order valence-corrected chi connectivity index (χ4v) is 3.16. The third-order valence-corrected chi connectivity index (χ3v) is 4.53. The third-order valence-electron chi connectivity index (χ3n) is 4.53. The number of rotatable bonds is 3. The van der Waals surface area contributed by atoms with Crippen molar-refractivity contribution in [3.63, 3.8) is 0 Å². The molecule has 1 saturated heterocycles. The van der Waals surface area contributed by atoms with Crippen LogP contribution in [0, 0.1) is 0 Å². The summed E-state index contributed by atoms with van der Waals surface area (Å²) < 4.78 is 1.79. The van der Waals surface area contributed by atoms with Crippen LogP contribution in [-0.2, 0) is 0 Å².